The van der Waals surface area contributed by atoms with Crippen molar-refractivity contribution in [2.24, 2.45) is 0 Å². The summed E-state index contributed by atoms with van der Waals surface area (Å²) in [5.41, 5.74) is -1.93. The minimum Gasteiger partial charge on any atom is -0.381 e. The van der Waals surface area contributed by atoms with Crippen LogP contribution >= 0.6 is 34.8 Å². The van der Waals surface area contributed by atoms with Crippen LogP contribution in [-0.2, 0) is 21.7 Å². The monoisotopic (exact) mass is 526 g/mol. The van der Waals surface area contributed by atoms with Gasteiger partial charge in [0.25, 0.3) is 0 Å². The Morgan fingerprint density at radius 3 is 2.27 bits per heavy atom. The van der Waals surface area contributed by atoms with Gasteiger partial charge in [0.15, 0.2) is 0 Å². The lowest BCUT2D eigenvalue weighted by Gasteiger charge is -2.32. The smallest absolute Gasteiger partial charge is 0.381 e. The highest BCUT2D eigenvalue weighted by Crippen LogP contribution is 2.43. The van der Waals surface area contributed by atoms with Gasteiger partial charge in [-0.15, -0.1) is 0 Å². The molecule has 0 heterocycles. The maximum Gasteiger partial charge on any atom is 0.423 e. The molecule has 11 heteroatoms. The first-order chi connectivity index (χ1) is 15.3. The van der Waals surface area contributed by atoms with E-state index in [1.165, 1.54) is 7.11 Å². The maximum absolute atomic E-state index is 13.8. The van der Waals surface area contributed by atoms with Crippen molar-refractivity contribution in [3.63, 3.8) is 0 Å². The fraction of sp³-hybridized carbons (Fsp3) is 0.409. The molecule has 182 valence electrons. The average Bonchev–Trinajstić information content (AvgIpc) is 2.73. The number of hydrogen-bond donors (Lipinski definition) is 3. The number of rotatable bonds is 9. The summed E-state index contributed by atoms with van der Waals surface area (Å²) in [5, 5.41) is 15.5. The van der Waals surface area contributed by atoms with E-state index in [1.807, 2.05) is 0 Å². The highest BCUT2D eigenvalue weighted by atomic mass is 35.5. The van der Waals surface area contributed by atoms with Crippen molar-refractivity contribution < 1.29 is 27.8 Å². The third-order valence-corrected chi connectivity index (χ3v) is 6.37. The van der Waals surface area contributed by atoms with Crippen LogP contribution in [0.1, 0.15) is 30.0 Å². The van der Waals surface area contributed by atoms with Crippen molar-refractivity contribution in [2.75, 3.05) is 19.0 Å². The number of aryl methyl sites for hydroxylation is 1. The number of methoxy groups -OCH3 is 1. The zero-order valence-corrected chi connectivity index (χ0v) is 20.4. The molecule has 1 amide bonds. The maximum atomic E-state index is 13.8. The van der Waals surface area contributed by atoms with Gasteiger partial charge in [0.2, 0.25) is 11.5 Å². The molecule has 2 aromatic rings. The van der Waals surface area contributed by atoms with Crippen LogP contribution in [0.5, 0.6) is 0 Å². The van der Waals surface area contributed by atoms with Crippen LogP contribution in [0.4, 0.5) is 18.9 Å². The van der Waals surface area contributed by atoms with Gasteiger partial charge < -0.3 is 20.5 Å². The molecule has 33 heavy (non-hydrogen) atoms. The molecule has 2 atom stereocenters. The molecule has 2 rings (SSSR count). The number of anilines is 1. The van der Waals surface area contributed by atoms with E-state index in [1.54, 1.807) is 32.0 Å². The summed E-state index contributed by atoms with van der Waals surface area (Å²) in [6.07, 6.45) is -5.03. The third kappa shape index (κ3) is 6.90. The van der Waals surface area contributed by atoms with Crippen molar-refractivity contribution in [1.29, 1.82) is 0 Å². The summed E-state index contributed by atoms with van der Waals surface area (Å²) in [6.45, 7) is 2.91. The number of amides is 1. The van der Waals surface area contributed by atoms with Crippen LogP contribution in [0.3, 0.4) is 0 Å². The van der Waals surface area contributed by atoms with Gasteiger partial charge >= 0.3 is 6.18 Å². The predicted molar refractivity (Wildman–Crippen MR) is 124 cm³/mol. The summed E-state index contributed by atoms with van der Waals surface area (Å²) in [6, 6.07) is 6.74. The quantitative estimate of drug-likeness (QED) is 0.357. The van der Waals surface area contributed by atoms with Crippen molar-refractivity contribution in [3.8, 4) is 0 Å². The van der Waals surface area contributed by atoms with Gasteiger partial charge in [-0.3, -0.25) is 4.79 Å². The van der Waals surface area contributed by atoms with Gasteiger partial charge in [0.05, 0.1) is 34.1 Å². The Kier molecular flexibility index (Phi) is 9.30. The Balaban J connectivity index is 2.16. The fourth-order valence-electron chi connectivity index (χ4n) is 3.00. The predicted octanol–water partition coefficient (Wildman–Crippen LogP) is 5.86. The van der Waals surface area contributed by atoms with Gasteiger partial charge in [-0.05, 0) is 54.8 Å². The molecule has 0 bridgehead atoms. The largest absolute Gasteiger partial charge is 0.423 e. The standard InChI is InChI=1S/C22H24Cl3F3N2O3/c1-12-6-16(5-4-14(12)10-29-19(31)7-13(2)33-3)30-11-21(32,22(26,27)28)15-8-17(23)20(25)18(24)9-15/h4-6,8-9,13,30,32H,7,10-11H2,1-3H3,(H,29,31)/t13-,21+/m0/s1. The topological polar surface area (TPSA) is 70.6 Å². The molecule has 0 aliphatic carbocycles. The summed E-state index contributed by atoms with van der Waals surface area (Å²) in [5.74, 6) is -0.179. The number of carbonyl (C=O) groups excluding carboxylic acids is 1. The van der Waals surface area contributed by atoms with Crippen molar-refractivity contribution in [1.82, 2.24) is 5.32 Å². The Bertz CT molecular complexity index is 982. The van der Waals surface area contributed by atoms with Gasteiger partial charge in [-0.25, -0.2) is 0 Å². The number of nitrogens with one attached hydrogen (secondary N) is 2. The molecule has 0 unspecified atom stereocenters. The first kappa shape index (κ1) is 27.5. The highest BCUT2D eigenvalue weighted by Gasteiger charge is 2.55. The van der Waals surface area contributed by atoms with Crippen LogP contribution in [-0.4, -0.2) is 36.9 Å². The molecular formula is C22H24Cl3F3N2O3. The Morgan fingerprint density at radius 2 is 1.76 bits per heavy atom. The molecule has 0 aromatic heterocycles. The summed E-state index contributed by atoms with van der Waals surface area (Å²) >= 11 is 17.6. The van der Waals surface area contributed by atoms with Crippen molar-refractivity contribution >= 4 is 46.4 Å². The first-order valence-corrected chi connectivity index (χ1v) is 11.0. The number of ether oxygens (including phenoxy) is 1. The second-order valence-corrected chi connectivity index (χ2v) is 8.83. The Labute approximate surface area is 205 Å². The number of alkyl halides is 3. The lowest BCUT2D eigenvalue weighted by atomic mass is 9.92. The van der Waals surface area contributed by atoms with Crippen molar-refractivity contribution in [2.45, 2.75) is 44.7 Å². The summed E-state index contributed by atoms with van der Waals surface area (Å²) in [4.78, 5) is 11.9. The minimum absolute atomic E-state index is 0.102. The Hall–Kier alpha value is -1.71. The zero-order chi connectivity index (χ0) is 25.0. The van der Waals surface area contributed by atoms with Gasteiger partial charge in [0.1, 0.15) is 0 Å². The molecule has 0 radical (unpaired) electrons. The van der Waals surface area contributed by atoms with E-state index in [-0.39, 0.29) is 40.0 Å². The molecule has 5 nitrogen and oxygen atoms in total. The number of aliphatic hydroxyl groups is 1. The van der Waals surface area contributed by atoms with E-state index in [0.717, 1.165) is 23.3 Å². The fourth-order valence-corrected chi connectivity index (χ4v) is 3.60. The number of halogens is 6. The van der Waals surface area contributed by atoms with Crippen LogP contribution in [0, 0.1) is 6.92 Å². The summed E-state index contributed by atoms with van der Waals surface area (Å²) < 4.78 is 46.6. The number of hydrogen-bond acceptors (Lipinski definition) is 4. The Morgan fingerprint density at radius 1 is 1.15 bits per heavy atom. The molecule has 0 fully saturated rings. The third-order valence-electron chi connectivity index (χ3n) is 5.17. The van der Waals surface area contributed by atoms with Crippen LogP contribution in [0.15, 0.2) is 30.3 Å². The molecule has 0 aliphatic heterocycles. The van der Waals surface area contributed by atoms with Crippen molar-refractivity contribution in [3.05, 3.63) is 62.1 Å². The zero-order valence-electron chi connectivity index (χ0n) is 18.1. The van der Waals surface area contributed by atoms with E-state index in [2.05, 4.69) is 10.6 Å². The van der Waals surface area contributed by atoms with Crippen LogP contribution < -0.4 is 10.6 Å². The van der Waals surface area contributed by atoms with Gasteiger partial charge in [-0.1, -0.05) is 40.9 Å². The molecular weight excluding hydrogens is 504 g/mol. The molecule has 0 saturated carbocycles. The van der Waals surface area contributed by atoms with Gasteiger partial charge in [0, 0.05) is 19.3 Å². The lowest BCUT2D eigenvalue weighted by molar-refractivity contribution is -0.260. The average molecular weight is 528 g/mol. The normalized spacial score (nSPS) is 14.5. The SMILES string of the molecule is CO[C@@H](C)CC(=O)NCc1ccc(NC[C@@](O)(c2cc(Cl)c(Cl)c(Cl)c2)C(F)(F)F)cc1C. The van der Waals surface area contributed by atoms with Crippen LogP contribution in [0.25, 0.3) is 0 Å². The summed E-state index contributed by atoms with van der Waals surface area (Å²) in [7, 11) is 1.52. The van der Waals surface area contributed by atoms with E-state index in [4.69, 9.17) is 39.5 Å². The second-order valence-electron chi connectivity index (χ2n) is 7.63. The minimum atomic E-state index is -5.03. The van der Waals surface area contributed by atoms with Gasteiger partial charge in [-0.2, -0.15) is 13.2 Å². The second kappa shape index (κ2) is 11.1. The number of carbonyl (C=O) groups is 1. The first-order valence-electron chi connectivity index (χ1n) is 9.85. The molecule has 0 saturated heterocycles. The van der Waals surface area contributed by atoms with E-state index < -0.39 is 23.9 Å². The molecule has 3 N–H and O–H groups in total. The molecule has 0 aliphatic rings. The molecule has 0 spiro atoms. The lowest BCUT2D eigenvalue weighted by Crippen LogP contribution is -2.47. The van der Waals surface area contributed by atoms with E-state index >= 15 is 0 Å². The van der Waals surface area contributed by atoms with Crippen LogP contribution in [0.2, 0.25) is 15.1 Å². The van der Waals surface area contributed by atoms with E-state index in [9.17, 15) is 23.1 Å². The number of benzene rings is 2. The molecule has 2 aromatic carbocycles. The highest BCUT2D eigenvalue weighted by molar-refractivity contribution is 6.48. The van der Waals surface area contributed by atoms with E-state index in [0.29, 0.717) is 5.69 Å².